The third kappa shape index (κ3) is 2.50. The SMILES string of the molecule is O=C(Nc1cnc(Br)cn1)c1cccc2ncccc12. The van der Waals surface area contributed by atoms with Crippen molar-refractivity contribution >= 4 is 38.6 Å². The highest BCUT2D eigenvalue weighted by Crippen LogP contribution is 2.17. The predicted molar refractivity (Wildman–Crippen MR) is 79.4 cm³/mol. The Balaban J connectivity index is 1.94. The molecule has 0 fully saturated rings. The van der Waals surface area contributed by atoms with E-state index in [9.17, 15) is 4.79 Å². The lowest BCUT2D eigenvalue weighted by atomic mass is 10.1. The molecule has 6 heteroatoms. The number of amides is 1. The van der Waals surface area contributed by atoms with Gasteiger partial charge in [0.2, 0.25) is 0 Å². The molecule has 0 atom stereocenters. The van der Waals surface area contributed by atoms with Crippen molar-refractivity contribution in [3.63, 3.8) is 0 Å². The predicted octanol–water partition coefficient (Wildman–Crippen LogP) is 3.04. The zero-order chi connectivity index (χ0) is 13.9. The number of fused-ring (bicyclic) bond motifs is 1. The van der Waals surface area contributed by atoms with Crippen molar-refractivity contribution in [2.75, 3.05) is 5.32 Å². The summed E-state index contributed by atoms with van der Waals surface area (Å²) in [5, 5.41) is 3.52. The van der Waals surface area contributed by atoms with Crippen LogP contribution >= 0.6 is 15.9 Å². The van der Waals surface area contributed by atoms with E-state index in [0.717, 1.165) is 10.9 Å². The van der Waals surface area contributed by atoms with E-state index in [1.54, 1.807) is 24.4 Å². The van der Waals surface area contributed by atoms with Gasteiger partial charge in [0, 0.05) is 17.1 Å². The standard InChI is InChI=1S/C14H9BrN4O/c15-12-7-18-13(8-17-12)19-14(20)10-3-1-5-11-9(10)4-2-6-16-11/h1-8H,(H,18,19,20). The molecule has 0 aliphatic heterocycles. The van der Waals surface area contributed by atoms with Crippen molar-refractivity contribution in [2.24, 2.45) is 0 Å². The number of halogens is 1. The van der Waals surface area contributed by atoms with E-state index < -0.39 is 0 Å². The normalized spacial score (nSPS) is 10.4. The van der Waals surface area contributed by atoms with Crippen molar-refractivity contribution in [3.05, 3.63) is 59.1 Å². The second-order valence-electron chi connectivity index (χ2n) is 4.05. The van der Waals surface area contributed by atoms with E-state index in [2.05, 4.69) is 36.2 Å². The number of hydrogen-bond donors (Lipinski definition) is 1. The van der Waals surface area contributed by atoms with Gasteiger partial charge in [-0.25, -0.2) is 9.97 Å². The Morgan fingerprint density at radius 2 is 1.95 bits per heavy atom. The summed E-state index contributed by atoms with van der Waals surface area (Å²) in [4.78, 5) is 24.6. The van der Waals surface area contributed by atoms with Gasteiger partial charge in [-0.2, -0.15) is 0 Å². The molecule has 2 aromatic heterocycles. The first kappa shape index (κ1) is 12.7. The Kier molecular flexibility index (Phi) is 3.39. The smallest absolute Gasteiger partial charge is 0.257 e. The van der Waals surface area contributed by atoms with E-state index in [-0.39, 0.29) is 5.91 Å². The van der Waals surface area contributed by atoms with Gasteiger partial charge in [0.15, 0.2) is 5.82 Å². The third-order valence-corrected chi connectivity index (χ3v) is 3.16. The molecule has 2 heterocycles. The number of anilines is 1. The lowest BCUT2D eigenvalue weighted by Crippen LogP contribution is -2.13. The van der Waals surface area contributed by atoms with E-state index in [4.69, 9.17) is 0 Å². The van der Waals surface area contributed by atoms with Crippen molar-refractivity contribution < 1.29 is 4.79 Å². The average Bonchev–Trinajstić information content (AvgIpc) is 2.49. The Labute approximate surface area is 123 Å². The molecule has 1 amide bonds. The number of nitrogens with zero attached hydrogens (tertiary/aromatic N) is 3. The molecule has 5 nitrogen and oxygen atoms in total. The molecule has 20 heavy (non-hydrogen) atoms. The number of nitrogens with one attached hydrogen (secondary N) is 1. The van der Waals surface area contributed by atoms with Gasteiger partial charge >= 0.3 is 0 Å². The van der Waals surface area contributed by atoms with Gasteiger partial charge in [0.1, 0.15) is 4.60 Å². The number of rotatable bonds is 2. The summed E-state index contributed by atoms with van der Waals surface area (Å²) in [6.07, 6.45) is 4.72. The van der Waals surface area contributed by atoms with Gasteiger partial charge in [0.25, 0.3) is 5.91 Å². The molecule has 1 N–H and O–H groups in total. The van der Waals surface area contributed by atoms with Crippen LogP contribution in [0.25, 0.3) is 10.9 Å². The first-order valence-electron chi connectivity index (χ1n) is 5.87. The highest BCUT2D eigenvalue weighted by atomic mass is 79.9. The third-order valence-electron chi connectivity index (χ3n) is 2.75. The van der Waals surface area contributed by atoms with Gasteiger partial charge < -0.3 is 5.32 Å². The molecule has 0 unspecified atom stereocenters. The lowest BCUT2D eigenvalue weighted by Gasteiger charge is -2.06. The second kappa shape index (κ2) is 5.34. The van der Waals surface area contributed by atoms with E-state index in [1.807, 2.05) is 12.1 Å². The summed E-state index contributed by atoms with van der Waals surface area (Å²) in [6, 6.07) is 9.09. The molecule has 0 spiro atoms. The summed E-state index contributed by atoms with van der Waals surface area (Å²) >= 11 is 3.19. The Morgan fingerprint density at radius 3 is 2.75 bits per heavy atom. The molecule has 0 saturated carbocycles. The summed E-state index contributed by atoms with van der Waals surface area (Å²) in [5.41, 5.74) is 1.34. The van der Waals surface area contributed by atoms with Crippen LogP contribution in [0.3, 0.4) is 0 Å². The van der Waals surface area contributed by atoms with Crippen LogP contribution in [0.5, 0.6) is 0 Å². The fraction of sp³-hybridized carbons (Fsp3) is 0. The van der Waals surface area contributed by atoms with Crippen LogP contribution in [-0.2, 0) is 0 Å². The zero-order valence-electron chi connectivity index (χ0n) is 10.2. The summed E-state index contributed by atoms with van der Waals surface area (Å²) < 4.78 is 0.616. The minimum Gasteiger partial charge on any atom is -0.305 e. The fourth-order valence-electron chi connectivity index (χ4n) is 1.86. The average molecular weight is 329 g/mol. The van der Waals surface area contributed by atoms with Gasteiger partial charge in [-0.3, -0.25) is 9.78 Å². The lowest BCUT2D eigenvalue weighted by molar-refractivity contribution is 0.102. The molecule has 0 saturated heterocycles. The molecule has 0 radical (unpaired) electrons. The van der Waals surface area contributed by atoms with Crippen LogP contribution in [0.2, 0.25) is 0 Å². The summed E-state index contributed by atoms with van der Waals surface area (Å²) in [7, 11) is 0. The number of aromatic nitrogens is 3. The highest BCUT2D eigenvalue weighted by Gasteiger charge is 2.11. The Bertz CT molecular complexity index is 768. The van der Waals surface area contributed by atoms with Crippen LogP contribution < -0.4 is 5.32 Å². The Morgan fingerprint density at radius 1 is 1.05 bits per heavy atom. The van der Waals surface area contributed by atoms with Crippen molar-refractivity contribution in [3.8, 4) is 0 Å². The monoisotopic (exact) mass is 328 g/mol. The quantitative estimate of drug-likeness (QED) is 0.785. The zero-order valence-corrected chi connectivity index (χ0v) is 11.8. The first-order valence-corrected chi connectivity index (χ1v) is 6.66. The van der Waals surface area contributed by atoms with Gasteiger partial charge in [0.05, 0.1) is 17.9 Å². The van der Waals surface area contributed by atoms with Crippen LogP contribution in [0.1, 0.15) is 10.4 Å². The molecule has 1 aromatic carbocycles. The van der Waals surface area contributed by atoms with Crippen molar-refractivity contribution in [1.29, 1.82) is 0 Å². The van der Waals surface area contributed by atoms with Gasteiger partial charge in [-0.15, -0.1) is 0 Å². The van der Waals surface area contributed by atoms with Crippen molar-refractivity contribution in [1.82, 2.24) is 15.0 Å². The van der Waals surface area contributed by atoms with E-state index >= 15 is 0 Å². The van der Waals surface area contributed by atoms with E-state index in [0.29, 0.717) is 16.0 Å². The minimum absolute atomic E-state index is 0.236. The van der Waals surface area contributed by atoms with Crippen molar-refractivity contribution in [2.45, 2.75) is 0 Å². The topological polar surface area (TPSA) is 67.8 Å². The molecular formula is C14H9BrN4O. The molecule has 98 valence electrons. The van der Waals surface area contributed by atoms with Gasteiger partial charge in [-0.05, 0) is 34.1 Å². The molecule has 0 aliphatic rings. The van der Waals surface area contributed by atoms with Crippen LogP contribution in [-0.4, -0.2) is 20.9 Å². The number of carbonyl (C=O) groups is 1. The number of pyridine rings is 1. The fourth-order valence-corrected chi connectivity index (χ4v) is 2.07. The number of benzene rings is 1. The molecule has 3 aromatic rings. The van der Waals surface area contributed by atoms with Gasteiger partial charge in [-0.1, -0.05) is 12.1 Å². The maximum Gasteiger partial charge on any atom is 0.257 e. The maximum atomic E-state index is 12.3. The summed E-state index contributed by atoms with van der Waals surface area (Å²) in [5.74, 6) is 0.166. The molecule has 0 aliphatic carbocycles. The van der Waals surface area contributed by atoms with Crippen LogP contribution in [0.15, 0.2) is 53.5 Å². The highest BCUT2D eigenvalue weighted by molar-refractivity contribution is 9.10. The van der Waals surface area contributed by atoms with Crippen LogP contribution in [0, 0.1) is 0 Å². The molecule has 0 bridgehead atoms. The van der Waals surface area contributed by atoms with Crippen LogP contribution in [0.4, 0.5) is 5.82 Å². The Hall–Kier alpha value is -2.34. The second-order valence-corrected chi connectivity index (χ2v) is 4.87. The summed E-state index contributed by atoms with van der Waals surface area (Å²) in [6.45, 7) is 0. The first-order chi connectivity index (χ1) is 9.74. The van der Waals surface area contributed by atoms with E-state index in [1.165, 1.54) is 12.4 Å². The number of carbonyl (C=O) groups excluding carboxylic acids is 1. The number of hydrogen-bond acceptors (Lipinski definition) is 4. The maximum absolute atomic E-state index is 12.3. The largest absolute Gasteiger partial charge is 0.305 e. The molecule has 3 rings (SSSR count). The minimum atomic E-state index is -0.236. The molecular weight excluding hydrogens is 320 g/mol.